The number of rotatable bonds is 3. The minimum atomic E-state index is -0.563. The van der Waals surface area contributed by atoms with Crippen LogP contribution in [0.1, 0.15) is 105 Å². The Morgan fingerprint density at radius 2 is 1.68 bits per heavy atom. The van der Waals surface area contributed by atoms with Gasteiger partial charge in [0, 0.05) is 12.1 Å². The number of carbonyl (C=O) groups is 1. The molecule has 216 valence electrons. The van der Waals surface area contributed by atoms with Crippen molar-refractivity contribution in [1.29, 1.82) is 5.26 Å². The van der Waals surface area contributed by atoms with Crippen molar-refractivity contribution in [3.8, 4) is 6.07 Å². The molecule has 5 aliphatic rings. The minimum absolute atomic E-state index is 0.0955. The van der Waals surface area contributed by atoms with Gasteiger partial charge < -0.3 is 10.0 Å². The van der Waals surface area contributed by atoms with Gasteiger partial charge in [0.05, 0.1) is 23.4 Å². The standard InChI is InChI=1S/C34H48N4O2/c1-21(2)23-10-13-34(28(39)40)15-14-32(6)24(27(23)34)8-9-26-31(5)16-17-38(29-36-19-22(18-35)20-37-29)30(3,4)25(31)11-12-33(26,32)7/h19-20,23-27H,1,8-17H2,2-7H3,(H,39,40)/t23-,24?,25-,26+,27+,31-,32+,33+,34-/m0/s1. The van der Waals surface area contributed by atoms with Crippen LogP contribution in [0.3, 0.4) is 0 Å². The fourth-order valence-corrected chi connectivity index (χ4v) is 12.1. The van der Waals surface area contributed by atoms with E-state index < -0.39 is 11.4 Å². The fourth-order valence-electron chi connectivity index (χ4n) is 12.1. The summed E-state index contributed by atoms with van der Waals surface area (Å²) >= 11 is 0. The second-order valence-electron chi connectivity index (χ2n) is 15.6. The molecule has 2 heterocycles. The monoisotopic (exact) mass is 544 g/mol. The molecule has 6 rings (SSSR count). The molecule has 0 bridgehead atoms. The highest BCUT2D eigenvalue weighted by Gasteiger charge is 2.72. The number of nitriles is 1. The first kappa shape index (κ1) is 27.7. The van der Waals surface area contributed by atoms with Gasteiger partial charge in [-0.05, 0) is 124 Å². The van der Waals surface area contributed by atoms with Crippen molar-refractivity contribution < 1.29 is 9.90 Å². The molecule has 0 amide bonds. The summed E-state index contributed by atoms with van der Waals surface area (Å²) in [4.78, 5) is 24.5. The van der Waals surface area contributed by atoms with E-state index in [2.05, 4.69) is 69.1 Å². The number of hydrogen-bond acceptors (Lipinski definition) is 5. The van der Waals surface area contributed by atoms with Crippen LogP contribution in [0.25, 0.3) is 0 Å². The van der Waals surface area contributed by atoms with Gasteiger partial charge in [0.1, 0.15) is 6.07 Å². The van der Waals surface area contributed by atoms with Crippen molar-refractivity contribution in [2.45, 2.75) is 105 Å². The molecule has 4 saturated carbocycles. The largest absolute Gasteiger partial charge is 0.481 e. The number of hydrogen-bond donors (Lipinski definition) is 1. The molecule has 1 unspecified atom stereocenters. The zero-order chi connectivity index (χ0) is 28.9. The maximum Gasteiger partial charge on any atom is 0.309 e. The summed E-state index contributed by atoms with van der Waals surface area (Å²) in [6, 6.07) is 2.14. The summed E-state index contributed by atoms with van der Waals surface area (Å²) in [7, 11) is 0. The number of piperidine rings is 1. The lowest BCUT2D eigenvalue weighted by atomic mass is 9.33. The minimum Gasteiger partial charge on any atom is -0.481 e. The Morgan fingerprint density at radius 1 is 0.975 bits per heavy atom. The number of anilines is 1. The zero-order valence-corrected chi connectivity index (χ0v) is 25.5. The zero-order valence-electron chi connectivity index (χ0n) is 25.5. The second kappa shape index (κ2) is 8.79. The van der Waals surface area contributed by atoms with E-state index in [0.29, 0.717) is 29.2 Å². The van der Waals surface area contributed by atoms with Gasteiger partial charge in [-0.3, -0.25) is 4.79 Å². The molecular weight excluding hydrogens is 496 g/mol. The molecule has 0 radical (unpaired) electrons. The van der Waals surface area contributed by atoms with Gasteiger partial charge in [0.2, 0.25) is 5.95 Å². The Bertz CT molecular complexity index is 1270. The van der Waals surface area contributed by atoms with Gasteiger partial charge in [-0.25, -0.2) is 9.97 Å². The molecule has 1 aliphatic heterocycles. The highest BCUT2D eigenvalue weighted by Crippen LogP contribution is 2.76. The van der Waals surface area contributed by atoms with Crippen molar-refractivity contribution in [3.05, 3.63) is 30.1 Å². The van der Waals surface area contributed by atoms with E-state index in [1.54, 1.807) is 12.4 Å². The van der Waals surface area contributed by atoms with Gasteiger partial charge in [0.15, 0.2) is 0 Å². The maximum atomic E-state index is 12.9. The van der Waals surface area contributed by atoms with Gasteiger partial charge >= 0.3 is 5.97 Å². The maximum absolute atomic E-state index is 12.9. The van der Waals surface area contributed by atoms with E-state index in [4.69, 9.17) is 0 Å². The molecule has 1 N–H and O–H groups in total. The lowest BCUT2D eigenvalue weighted by Gasteiger charge is -2.73. The van der Waals surface area contributed by atoms with Crippen molar-refractivity contribution in [2.24, 2.45) is 51.2 Å². The van der Waals surface area contributed by atoms with Crippen LogP contribution in [-0.4, -0.2) is 33.1 Å². The number of fused-ring (bicyclic) bond motifs is 7. The van der Waals surface area contributed by atoms with E-state index in [-0.39, 0.29) is 27.7 Å². The first-order valence-electron chi connectivity index (χ1n) is 15.6. The van der Waals surface area contributed by atoms with Crippen LogP contribution in [-0.2, 0) is 4.79 Å². The summed E-state index contributed by atoms with van der Waals surface area (Å²) in [6.07, 6.45) is 12.8. The Kier molecular flexibility index (Phi) is 6.10. The molecule has 1 aromatic rings. The van der Waals surface area contributed by atoms with E-state index in [1.165, 1.54) is 24.8 Å². The van der Waals surface area contributed by atoms with Crippen molar-refractivity contribution >= 4 is 11.9 Å². The summed E-state index contributed by atoms with van der Waals surface area (Å²) in [5.41, 5.74) is 1.57. The third kappa shape index (κ3) is 3.36. The Hall–Kier alpha value is -2.42. The van der Waals surface area contributed by atoms with Gasteiger partial charge in [0.25, 0.3) is 0 Å². The number of carboxylic acids is 1. The van der Waals surface area contributed by atoms with Crippen LogP contribution in [0.5, 0.6) is 0 Å². The van der Waals surface area contributed by atoms with Gasteiger partial charge in [-0.2, -0.15) is 5.26 Å². The highest BCUT2D eigenvalue weighted by atomic mass is 16.4. The lowest BCUT2D eigenvalue weighted by Crippen LogP contribution is -2.70. The molecule has 40 heavy (non-hydrogen) atoms. The second-order valence-corrected chi connectivity index (χ2v) is 15.6. The predicted octanol–water partition coefficient (Wildman–Crippen LogP) is 7.26. The lowest BCUT2D eigenvalue weighted by molar-refractivity contribution is -0.230. The molecule has 1 saturated heterocycles. The molecule has 1 aromatic heterocycles. The van der Waals surface area contributed by atoms with E-state index in [9.17, 15) is 15.2 Å². The third-order valence-electron chi connectivity index (χ3n) is 14.2. The molecule has 0 spiro atoms. The van der Waals surface area contributed by atoms with Crippen LogP contribution >= 0.6 is 0 Å². The van der Waals surface area contributed by atoms with Crippen LogP contribution in [0.4, 0.5) is 5.95 Å². The Labute approximate surface area is 240 Å². The van der Waals surface area contributed by atoms with Crippen LogP contribution < -0.4 is 4.90 Å². The summed E-state index contributed by atoms with van der Waals surface area (Å²) in [5, 5.41) is 19.8. The van der Waals surface area contributed by atoms with Gasteiger partial charge in [-0.1, -0.05) is 32.9 Å². The number of nitrogens with zero attached hydrogens (tertiary/aromatic N) is 4. The quantitative estimate of drug-likeness (QED) is 0.403. The first-order chi connectivity index (χ1) is 18.8. The average Bonchev–Trinajstić information content (AvgIpc) is 3.30. The van der Waals surface area contributed by atoms with Crippen LogP contribution in [0.2, 0.25) is 0 Å². The Morgan fingerprint density at radius 3 is 2.30 bits per heavy atom. The summed E-state index contributed by atoms with van der Waals surface area (Å²) in [6.45, 7) is 19.9. The topological polar surface area (TPSA) is 90.1 Å². The number of aromatic nitrogens is 2. The molecule has 5 fully saturated rings. The average molecular weight is 545 g/mol. The fraction of sp³-hybridized carbons (Fsp3) is 0.765. The highest BCUT2D eigenvalue weighted by molar-refractivity contribution is 5.76. The molecular formula is C34H48N4O2. The number of carboxylic acid groups (broad SMARTS) is 1. The number of aliphatic carboxylic acids is 1. The molecule has 9 atom stereocenters. The SMILES string of the molecule is C=C(C)[C@@H]1CC[C@]2(C(=O)O)CC[C@]3(C)C(CC[C@@H]4[C@@]5(C)CCN(c6ncc(C#N)cn6)C(C)(C)[C@@H]5CC[C@]43C)[C@@H]12. The molecule has 6 heteroatoms. The normalized spacial score (nSPS) is 45.3. The van der Waals surface area contributed by atoms with Gasteiger partial charge in [-0.15, -0.1) is 0 Å². The number of allylic oxidation sites excluding steroid dienone is 1. The summed E-state index contributed by atoms with van der Waals surface area (Å²) < 4.78 is 0. The Balaban J connectivity index is 1.35. The van der Waals surface area contributed by atoms with Crippen molar-refractivity contribution in [3.63, 3.8) is 0 Å². The van der Waals surface area contributed by atoms with Crippen LogP contribution in [0.15, 0.2) is 24.5 Å². The van der Waals surface area contributed by atoms with Crippen molar-refractivity contribution in [1.82, 2.24) is 9.97 Å². The smallest absolute Gasteiger partial charge is 0.309 e. The van der Waals surface area contributed by atoms with E-state index in [0.717, 1.165) is 51.0 Å². The summed E-state index contributed by atoms with van der Waals surface area (Å²) in [5.74, 6) is 2.32. The van der Waals surface area contributed by atoms with Crippen molar-refractivity contribution in [2.75, 3.05) is 11.4 Å². The first-order valence-corrected chi connectivity index (χ1v) is 15.6. The molecule has 4 aliphatic carbocycles. The van der Waals surface area contributed by atoms with Crippen LogP contribution in [0, 0.1) is 62.6 Å². The predicted molar refractivity (Wildman–Crippen MR) is 156 cm³/mol. The molecule has 0 aromatic carbocycles. The van der Waals surface area contributed by atoms with E-state index >= 15 is 0 Å². The third-order valence-corrected chi connectivity index (χ3v) is 14.2. The molecule has 6 nitrogen and oxygen atoms in total. The van der Waals surface area contributed by atoms with E-state index in [1.807, 2.05) is 0 Å².